The number of allylic oxidation sites excluding steroid dienone is 1. The molecule has 0 radical (unpaired) electrons. The normalized spacial score (nSPS) is 11.4. The predicted molar refractivity (Wildman–Crippen MR) is 75.4 cm³/mol. The van der Waals surface area contributed by atoms with Crippen LogP contribution >= 0.6 is 11.8 Å². The number of carbonyl (C=O) groups is 1. The highest BCUT2D eigenvalue weighted by atomic mass is 32.2. The van der Waals surface area contributed by atoms with Crippen molar-refractivity contribution < 1.29 is 4.79 Å². The Morgan fingerprint density at radius 3 is 2.53 bits per heavy atom. The van der Waals surface area contributed by atoms with Crippen molar-refractivity contribution in [2.75, 3.05) is 12.8 Å². The summed E-state index contributed by atoms with van der Waals surface area (Å²) in [4.78, 5) is 12.0. The summed E-state index contributed by atoms with van der Waals surface area (Å²) in [6.45, 7) is 5.01. The number of hydrogen-bond acceptors (Lipinski definition) is 3. The second kappa shape index (κ2) is 7.17. The third-order valence-corrected chi connectivity index (χ3v) is 3.07. The van der Waals surface area contributed by atoms with Crippen molar-refractivity contribution in [3.63, 3.8) is 0 Å². The molecule has 17 heavy (non-hydrogen) atoms. The molecule has 1 rings (SSSR count). The summed E-state index contributed by atoms with van der Waals surface area (Å²) >= 11 is 1.57. The third-order valence-electron chi connectivity index (χ3n) is 2.37. The van der Waals surface area contributed by atoms with Gasteiger partial charge in [0.2, 0.25) is 0 Å². The number of hydrogen-bond donors (Lipinski definition) is 1. The van der Waals surface area contributed by atoms with E-state index in [9.17, 15) is 4.79 Å². The van der Waals surface area contributed by atoms with Crippen LogP contribution in [0.4, 0.5) is 0 Å². The van der Waals surface area contributed by atoms with Gasteiger partial charge in [0.25, 0.3) is 0 Å². The van der Waals surface area contributed by atoms with E-state index in [0.29, 0.717) is 0 Å². The van der Waals surface area contributed by atoms with E-state index >= 15 is 0 Å². The minimum atomic E-state index is 0.0537. The molecule has 0 spiro atoms. The Balaban J connectivity index is 2.74. The molecule has 0 aliphatic rings. The molecular weight excluding hydrogens is 230 g/mol. The molecule has 1 N–H and O–H groups in total. The molecule has 0 aromatic heterocycles. The maximum atomic E-state index is 12.0. The van der Waals surface area contributed by atoms with E-state index in [1.807, 2.05) is 37.4 Å². The quantitative estimate of drug-likeness (QED) is 0.619. The molecule has 0 unspecified atom stereocenters. The fraction of sp³-hybridized carbons (Fsp3) is 0.357. The molecule has 0 amide bonds. The van der Waals surface area contributed by atoms with Crippen LogP contribution in [-0.2, 0) is 0 Å². The molecule has 0 bridgehead atoms. The largest absolute Gasteiger partial charge is 0.380 e. The zero-order valence-electron chi connectivity index (χ0n) is 10.6. The van der Waals surface area contributed by atoms with Gasteiger partial charge in [-0.2, -0.15) is 0 Å². The summed E-state index contributed by atoms with van der Waals surface area (Å²) in [6, 6.07) is 7.65. The standard InChI is InChI=1S/C14H19NOS/c1-4-9-15-14(17-3)10-13(16)12-7-5-11(2)6-8-12/h5-8,10,15H,4,9H2,1-3H3/b14-10-. The van der Waals surface area contributed by atoms with E-state index in [4.69, 9.17) is 0 Å². The van der Waals surface area contributed by atoms with Crippen LogP contribution in [-0.4, -0.2) is 18.6 Å². The molecule has 1 aromatic rings. The van der Waals surface area contributed by atoms with Crippen LogP contribution in [0.1, 0.15) is 29.3 Å². The smallest absolute Gasteiger partial charge is 0.188 e. The maximum absolute atomic E-state index is 12.0. The van der Waals surface area contributed by atoms with Gasteiger partial charge < -0.3 is 5.32 Å². The zero-order chi connectivity index (χ0) is 12.7. The lowest BCUT2D eigenvalue weighted by atomic mass is 10.1. The first-order valence-electron chi connectivity index (χ1n) is 5.78. The lowest BCUT2D eigenvalue weighted by Gasteiger charge is -2.06. The number of thioether (sulfide) groups is 1. The SMILES string of the molecule is CCCN/C(=C/C(=O)c1ccc(C)cc1)SC. The van der Waals surface area contributed by atoms with Crippen molar-refractivity contribution in [3.8, 4) is 0 Å². The van der Waals surface area contributed by atoms with Gasteiger partial charge in [0.15, 0.2) is 5.78 Å². The zero-order valence-corrected chi connectivity index (χ0v) is 11.4. The maximum Gasteiger partial charge on any atom is 0.188 e. The molecule has 2 nitrogen and oxygen atoms in total. The van der Waals surface area contributed by atoms with E-state index in [2.05, 4.69) is 12.2 Å². The Labute approximate surface area is 107 Å². The summed E-state index contributed by atoms with van der Waals surface area (Å²) in [5.41, 5.74) is 1.90. The summed E-state index contributed by atoms with van der Waals surface area (Å²) < 4.78 is 0. The molecule has 0 aliphatic heterocycles. The Morgan fingerprint density at radius 1 is 1.35 bits per heavy atom. The summed E-state index contributed by atoms with van der Waals surface area (Å²) in [6.07, 6.45) is 4.69. The van der Waals surface area contributed by atoms with Crippen molar-refractivity contribution >= 4 is 17.5 Å². The van der Waals surface area contributed by atoms with Gasteiger partial charge in [-0.25, -0.2) is 0 Å². The van der Waals surface area contributed by atoms with Gasteiger partial charge >= 0.3 is 0 Å². The first kappa shape index (κ1) is 13.8. The highest BCUT2D eigenvalue weighted by Gasteiger charge is 2.04. The van der Waals surface area contributed by atoms with E-state index in [0.717, 1.165) is 23.6 Å². The second-order valence-electron chi connectivity index (χ2n) is 3.87. The molecule has 0 atom stereocenters. The lowest BCUT2D eigenvalue weighted by Crippen LogP contribution is -2.13. The van der Waals surface area contributed by atoms with Crippen LogP contribution < -0.4 is 5.32 Å². The van der Waals surface area contributed by atoms with Gasteiger partial charge in [-0.3, -0.25) is 4.79 Å². The number of rotatable bonds is 6. The average molecular weight is 249 g/mol. The van der Waals surface area contributed by atoms with Crippen molar-refractivity contribution in [2.24, 2.45) is 0 Å². The highest BCUT2D eigenvalue weighted by Crippen LogP contribution is 2.11. The number of ketones is 1. The van der Waals surface area contributed by atoms with Crippen molar-refractivity contribution in [1.82, 2.24) is 5.32 Å². The van der Waals surface area contributed by atoms with Gasteiger partial charge in [-0.05, 0) is 19.6 Å². The van der Waals surface area contributed by atoms with Crippen LogP contribution in [0.2, 0.25) is 0 Å². The van der Waals surface area contributed by atoms with Crippen LogP contribution in [0.3, 0.4) is 0 Å². The van der Waals surface area contributed by atoms with Gasteiger partial charge in [0.05, 0.1) is 5.03 Å². The Bertz CT molecular complexity index is 395. The predicted octanol–water partition coefficient (Wildman–Crippen LogP) is 3.38. The van der Waals surface area contributed by atoms with Crippen molar-refractivity contribution in [2.45, 2.75) is 20.3 Å². The lowest BCUT2D eigenvalue weighted by molar-refractivity contribution is 0.104. The van der Waals surface area contributed by atoms with Gasteiger partial charge in [-0.15, -0.1) is 11.8 Å². The molecule has 3 heteroatoms. The fourth-order valence-corrected chi connectivity index (χ4v) is 1.82. The van der Waals surface area contributed by atoms with Gasteiger partial charge in [0.1, 0.15) is 0 Å². The van der Waals surface area contributed by atoms with Crippen molar-refractivity contribution in [1.29, 1.82) is 0 Å². The van der Waals surface area contributed by atoms with Crippen LogP contribution in [0.15, 0.2) is 35.4 Å². The van der Waals surface area contributed by atoms with Gasteiger partial charge in [0, 0.05) is 18.2 Å². The second-order valence-corrected chi connectivity index (χ2v) is 4.72. The van der Waals surface area contributed by atoms with Crippen LogP contribution in [0.5, 0.6) is 0 Å². The first-order chi connectivity index (χ1) is 8.17. The molecule has 0 saturated heterocycles. The molecule has 1 aromatic carbocycles. The number of nitrogens with one attached hydrogen (secondary N) is 1. The Hall–Kier alpha value is -1.22. The van der Waals surface area contributed by atoms with Crippen molar-refractivity contribution in [3.05, 3.63) is 46.5 Å². The van der Waals surface area contributed by atoms with E-state index in [1.165, 1.54) is 5.56 Å². The minimum absolute atomic E-state index is 0.0537. The first-order valence-corrected chi connectivity index (χ1v) is 7.00. The summed E-state index contributed by atoms with van der Waals surface area (Å²) in [5.74, 6) is 0.0537. The molecule has 0 saturated carbocycles. The number of carbonyl (C=O) groups excluding carboxylic acids is 1. The summed E-state index contributed by atoms with van der Waals surface area (Å²) in [7, 11) is 0. The van der Waals surface area contributed by atoms with Crippen LogP contribution in [0, 0.1) is 6.92 Å². The topological polar surface area (TPSA) is 29.1 Å². The monoisotopic (exact) mass is 249 g/mol. The summed E-state index contributed by atoms with van der Waals surface area (Å²) in [5, 5.41) is 4.16. The number of benzene rings is 1. The third kappa shape index (κ3) is 4.65. The Kier molecular flexibility index (Phi) is 5.84. The van der Waals surface area contributed by atoms with Crippen LogP contribution in [0.25, 0.3) is 0 Å². The van der Waals surface area contributed by atoms with E-state index in [1.54, 1.807) is 17.8 Å². The van der Waals surface area contributed by atoms with Gasteiger partial charge in [-0.1, -0.05) is 36.8 Å². The molecule has 0 fully saturated rings. The Morgan fingerprint density at radius 2 is 2.00 bits per heavy atom. The number of aryl methyl sites for hydroxylation is 1. The molecular formula is C14H19NOS. The molecule has 0 aliphatic carbocycles. The van der Waals surface area contributed by atoms with E-state index < -0.39 is 0 Å². The fourth-order valence-electron chi connectivity index (χ4n) is 1.35. The molecule has 0 heterocycles. The highest BCUT2D eigenvalue weighted by molar-refractivity contribution is 8.02. The average Bonchev–Trinajstić information content (AvgIpc) is 2.35. The molecule has 92 valence electrons. The van der Waals surface area contributed by atoms with E-state index in [-0.39, 0.29) is 5.78 Å². The minimum Gasteiger partial charge on any atom is -0.380 e.